The van der Waals surface area contributed by atoms with Gasteiger partial charge in [0.15, 0.2) is 0 Å². The Morgan fingerprint density at radius 2 is 1.78 bits per heavy atom. The smallest absolute Gasteiger partial charge is 0.128 e. The minimum Gasteiger partial charge on any atom is -0.390 e. The molecule has 0 saturated heterocycles. The van der Waals surface area contributed by atoms with E-state index in [1.807, 2.05) is 0 Å². The van der Waals surface area contributed by atoms with Gasteiger partial charge in [-0.25, -0.2) is 0 Å². The number of hydrogen-bond donors (Lipinski definition) is 2. The molecule has 0 amide bonds. The molecule has 4 aliphatic carbocycles. The van der Waals surface area contributed by atoms with Crippen LogP contribution in [0.1, 0.15) is 38.5 Å². The second-order valence-electron chi connectivity index (χ2n) is 6.41. The molecule has 0 radical (unpaired) electrons. The zero-order chi connectivity index (χ0) is 13.0. The Balaban J connectivity index is 1.93. The van der Waals surface area contributed by atoms with Crippen molar-refractivity contribution < 1.29 is 14.9 Å². The maximum Gasteiger partial charge on any atom is 0.128 e. The van der Waals surface area contributed by atoms with Gasteiger partial charge in [-0.15, -0.1) is 10.9 Å². The van der Waals surface area contributed by atoms with Gasteiger partial charge in [0.1, 0.15) is 5.05 Å². The zero-order valence-corrected chi connectivity index (χ0v) is 11.3. The summed E-state index contributed by atoms with van der Waals surface area (Å²) in [6, 6.07) is 0. The van der Waals surface area contributed by atoms with Crippen molar-refractivity contribution in [2.24, 2.45) is 5.92 Å². The fraction of sp³-hybridized carbons (Fsp3) is 0.714. The first kappa shape index (κ1) is 12.6. The third-order valence-electron chi connectivity index (χ3n) is 4.58. The van der Waals surface area contributed by atoms with Gasteiger partial charge in [0.05, 0.1) is 16.8 Å². The lowest BCUT2D eigenvalue weighted by atomic mass is 9.50. The van der Waals surface area contributed by atoms with E-state index in [0.29, 0.717) is 30.2 Å². The summed E-state index contributed by atoms with van der Waals surface area (Å²) in [5.74, 6) is 4.12. The maximum atomic E-state index is 10.6. The molecule has 4 bridgehead atoms. The molecule has 0 aromatic rings. The summed E-state index contributed by atoms with van der Waals surface area (Å²) < 4.78 is 6.06. The standard InChI is InChI=1S/C14H20O3S/c1-3-11(18-2)17-14-6-10-4-12(15,8-14)7-13(16,5-10)9-14/h3,10,15-16H,1-2,4-9H2. The van der Waals surface area contributed by atoms with Gasteiger partial charge in [-0.2, -0.15) is 0 Å². The first-order valence-corrected chi connectivity index (χ1v) is 7.44. The van der Waals surface area contributed by atoms with Crippen LogP contribution in [0.3, 0.4) is 0 Å². The van der Waals surface area contributed by atoms with E-state index in [-0.39, 0.29) is 0 Å². The van der Waals surface area contributed by atoms with Crippen LogP contribution in [-0.2, 0) is 4.74 Å². The Kier molecular flexibility index (Phi) is 2.66. The molecule has 0 spiro atoms. The fourth-order valence-corrected chi connectivity index (χ4v) is 5.06. The van der Waals surface area contributed by atoms with E-state index in [4.69, 9.17) is 4.74 Å². The lowest BCUT2D eigenvalue weighted by molar-refractivity contribution is -0.247. The summed E-state index contributed by atoms with van der Waals surface area (Å²) in [7, 11) is 1.28. The summed E-state index contributed by atoms with van der Waals surface area (Å²) in [6.07, 6.45) is 5.94. The van der Waals surface area contributed by atoms with Crippen molar-refractivity contribution >= 4 is 21.9 Å². The average Bonchev–Trinajstić information content (AvgIpc) is 2.20. The zero-order valence-electron chi connectivity index (χ0n) is 10.5. The van der Waals surface area contributed by atoms with Crippen molar-refractivity contribution in [3.63, 3.8) is 0 Å². The molecular weight excluding hydrogens is 248 g/mol. The van der Waals surface area contributed by atoms with E-state index in [1.54, 1.807) is 6.08 Å². The summed E-state index contributed by atoms with van der Waals surface area (Å²) in [5, 5.41) is 21.9. The molecule has 2 N–H and O–H groups in total. The van der Waals surface area contributed by atoms with Gasteiger partial charge in [-0.3, -0.25) is 0 Å². The molecule has 2 atom stereocenters. The fourth-order valence-electron chi connectivity index (χ4n) is 4.71. The van der Waals surface area contributed by atoms with E-state index in [9.17, 15) is 10.2 Å². The predicted molar refractivity (Wildman–Crippen MR) is 74.8 cm³/mol. The molecule has 4 fully saturated rings. The highest BCUT2D eigenvalue weighted by Gasteiger charge is 2.63. The van der Waals surface area contributed by atoms with Crippen molar-refractivity contribution in [1.29, 1.82) is 0 Å². The van der Waals surface area contributed by atoms with Gasteiger partial charge in [-0.1, -0.05) is 6.58 Å². The largest absolute Gasteiger partial charge is 0.390 e. The molecule has 100 valence electrons. The number of aliphatic hydroxyl groups is 2. The molecule has 0 aromatic heterocycles. The van der Waals surface area contributed by atoms with Crippen molar-refractivity contribution in [2.75, 3.05) is 0 Å². The Bertz CT molecular complexity index is 434. The Morgan fingerprint density at radius 1 is 1.17 bits per heavy atom. The molecule has 4 aliphatic rings. The average molecular weight is 268 g/mol. The predicted octanol–water partition coefficient (Wildman–Crippen LogP) is 1.68. The van der Waals surface area contributed by atoms with Crippen LogP contribution < -0.4 is 0 Å². The van der Waals surface area contributed by atoms with Gasteiger partial charge in [0.2, 0.25) is 0 Å². The van der Waals surface area contributed by atoms with Crippen molar-refractivity contribution in [3.05, 3.63) is 12.7 Å². The normalized spacial score (nSPS) is 49.1. The van der Waals surface area contributed by atoms with Gasteiger partial charge in [0, 0.05) is 19.3 Å². The van der Waals surface area contributed by atoms with Crippen molar-refractivity contribution in [3.8, 4) is 0 Å². The number of rotatable bonds is 2. The number of hydrogen-bond acceptors (Lipinski definition) is 3. The summed E-state index contributed by atoms with van der Waals surface area (Å²) in [5.41, 5.74) is -1.91. The van der Waals surface area contributed by atoms with Crippen molar-refractivity contribution in [1.82, 2.24) is 0 Å². The molecule has 0 aromatic carbocycles. The van der Waals surface area contributed by atoms with Crippen LogP contribution in [-0.4, -0.2) is 37.9 Å². The highest BCUT2D eigenvalue weighted by Crippen LogP contribution is 2.60. The van der Waals surface area contributed by atoms with Gasteiger partial charge in [0.25, 0.3) is 0 Å². The van der Waals surface area contributed by atoms with Crippen LogP contribution in [0.2, 0.25) is 0 Å². The Hall–Kier alpha value is -0.420. The van der Waals surface area contributed by atoms with Gasteiger partial charge < -0.3 is 14.9 Å². The summed E-state index contributed by atoms with van der Waals surface area (Å²) in [4.78, 5) is 0. The van der Waals surface area contributed by atoms with Gasteiger partial charge >= 0.3 is 0 Å². The lowest BCUT2D eigenvalue weighted by Crippen LogP contribution is -2.66. The van der Waals surface area contributed by atoms with E-state index in [0.717, 1.165) is 19.3 Å². The molecule has 2 unspecified atom stereocenters. The first-order valence-electron chi connectivity index (χ1n) is 6.45. The monoisotopic (exact) mass is 268 g/mol. The minimum atomic E-state index is -0.744. The lowest BCUT2D eigenvalue weighted by Gasteiger charge is -2.62. The van der Waals surface area contributed by atoms with Gasteiger partial charge in [-0.05, 0) is 37.1 Å². The van der Waals surface area contributed by atoms with Crippen LogP contribution in [0.15, 0.2) is 12.7 Å². The van der Waals surface area contributed by atoms with E-state index in [1.165, 1.54) is 10.9 Å². The third kappa shape index (κ3) is 1.92. The Morgan fingerprint density at radius 3 is 2.22 bits per heavy atom. The molecule has 18 heavy (non-hydrogen) atoms. The first-order chi connectivity index (χ1) is 8.40. The highest BCUT2D eigenvalue weighted by atomic mass is 32.1. The minimum absolute atomic E-state index is 0.372. The quantitative estimate of drug-likeness (QED) is 0.592. The van der Waals surface area contributed by atoms with E-state index in [2.05, 4.69) is 12.4 Å². The topological polar surface area (TPSA) is 49.7 Å². The summed E-state index contributed by atoms with van der Waals surface area (Å²) >= 11 is 0. The molecule has 0 heterocycles. The summed E-state index contributed by atoms with van der Waals surface area (Å²) in [6.45, 7) is 3.72. The highest BCUT2D eigenvalue weighted by molar-refractivity contribution is 7.96. The van der Waals surface area contributed by atoms with Crippen LogP contribution in [0.25, 0.3) is 0 Å². The Labute approximate surface area is 111 Å². The SMILES string of the molecule is C=CC(OC12CC3CC(O)(CC(O)(C3)C1)C2)=S=C. The molecule has 4 saturated carbocycles. The van der Waals surface area contributed by atoms with Crippen LogP contribution in [0.4, 0.5) is 0 Å². The van der Waals surface area contributed by atoms with E-state index < -0.39 is 16.8 Å². The third-order valence-corrected chi connectivity index (χ3v) is 5.12. The second-order valence-corrected chi connectivity index (χ2v) is 7.10. The molecule has 0 aliphatic heterocycles. The van der Waals surface area contributed by atoms with Crippen LogP contribution in [0, 0.1) is 5.92 Å². The van der Waals surface area contributed by atoms with Crippen LogP contribution in [0.5, 0.6) is 0 Å². The molecule has 4 heteroatoms. The number of ether oxygens (including phenoxy) is 1. The molecule has 3 nitrogen and oxygen atoms in total. The molecule has 4 rings (SSSR count). The maximum absolute atomic E-state index is 10.6. The second kappa shape index (κ2) is 3.79. The van der Waals surface area contributed by atoms with Crippen LogP contribution >= 0.6 is 10.9 Å². The van der Waals surface area contributed by atoms with E-state index >= 15 is 0 Å². The molecular formula is C14H20O3S. The van der Waals surface area contributed by atoms with Crippen molar-refractivity contribution in [2.45, 2.75) is 55.3 Å².